The number of nitrogens with one attached hydrogen (secondary N) is 1. The molecular weight excluding hydrogens is 316 g/mol. The molecule has 120 valence electrons. The minimum atomic E-state index is -0.401. The van der Waals surface area contributed by atoms with Gasteiger partial charge in [0.2, 0.25) is 0 Å². The van der Waals surface area contributed by atoms with Crippen molar-refractivity contribution in [1.82, 2.24) is 5.32 Å². The number of non-ortho nitro benzene ring substituents is 1. The van der Waals surface area contributed by atoms with Gasteiger partial charge >= 0.3 is 0 Å². The molecule has 23 heavy (non-hydrogen) atoms. The highest BCUT2D eigenvalue weighted by molar-refractivity contribution is 6.31. The smallest absolute Gasteiger partial charge is 0.269 e. The molecule has 5 nitrogen and oxygen atoms in total. The Morgan fingerprint density at radius 3 is 2.87 bits per heavy atom. The van der Waals surface area contributed by atoms with Crippen LogP contribution in [0.3, 0.4) is 0 Å². The van der Waals surface area contributed by atoms with Crippen molar-refractivity contribution in [3.8, 4) is 5.75 Å². The lowest BCUT2D eigenvalue weighted by atomic mass is 9.89. The molecule has 0 fully saturated rings. The fraction of sp³-hybridized carbons (Fsp3) is 0.294. The number of hydrogen-bond acceptors (Lipinski definition) is 4. The Labute approximate surface area is 139 Å². The van der Waals surface area contributed by atoms with Crippen LogP contribution in [-0.2, 0) is 6.42 Å². The number of nitrogens with zero attached hydrogens (tertiary/aromatic N) is 1. The Bertz CT molecular complexity index is 749. The van der Waals surface area contributed by atoms with Gasteiger partial charge in [-0.05, 0) is 48.2 Å². The van der Waals surface area contributed by atoms with Crippen LogP contribution in [-0.4, -0.2) is 18.1 Å². The van der Waals surface area contributed by atoms with Crippen LogP contribution in [0.15, 0.2) is 36.4 Å². The van der Waals surface area contributed by atoms with Gasteiger partial charge in [0.25, 0.3) is 5.69 Å². The maximum atomic E-state index is 11.0. The summed E-state index contributed by atoms with van der Waals surface area (Å²) in [5.41, 5.74) is 3.04. The van der Waals surface area contributed by atoms with E-state index in [1.807, 2.05) is 25.1 Å². The van der Waals surface area contributed by atoms with E-state index in [4.69, 9.17) is 16.3 Å². The predicted octanol–water partition coefficient (Wildman–Crippen LogP) is 3.88. The molecule has 1 N–H and O–H groups in total. The number of benzene rings is 2. The molecule has 1 heterocycles. The number of nitro groups is 1. The molecule has 0 amide bonds. The minimum Gasteiger partial charge on any atom is -0.494 e. The highest BCUT2D eigenvalue weighted by Gasteiger charge is 2.25. The lowest BCUT2D eigenvalue weighted by Crippen LogP contribution is -2.30. The van der Waals surface area contributed by atoms with Crippen LogP contribution in [0, 0.1) is 10.1 Å². The first-order chi connectivity index (χ1) is 11.1. The second-order valence-corrected chi connectivity index (χ2v) is 5.80. The summed E-state index contributed by atoms with van der Waals surface area (Å²) in [6.45, 7) is 3.36. The van der Waals surface area contributed by atoms with E-state index in [2.05, 4.69) is 5.32 Å². The Hall–Kier alpha value is -2.11. The highest BCUT2D eigenvalue weighted by atomic mass is 35.5. The zero-order valence-electron chi connectivity index (χ0n) is 12.7. The molecule has 1 atom stereocenters. The van der Waals surface area contributed by atoms with Gasteiger partial charge in [0.15, 0.2) is 0 Å². The molecule has 0 radical (unpaired) electrons. The zero-order chi connectivity index (χ0) is 16.4. The summed E-state index contributed by atoms with van der Waals surface area (Å²) < 4.78 is 5.55. The van der Waals surface area contributed by atoms with Gasteiger partial charge in [0, 0.05) is 23.7 Å². The van der Waals surface area contributed by atoms with Gasteiger partial charge in [0.05, 0.1) is 17.6 Å². The Morgan fingerprint density at radius 2 is 2.13 bits per heavy atom. The van der Waals surface area contributed by atoms with Crippen LogP contribution in [0.1, 0.15) is 29.7 Å². The number of halogens is 1. The van der Waals surface area contributed by atoms with E-state index in [1.165, 1.54) is 11.6 Å². The number of fused-ring (bicyclic) bond motifs is 1. The van der Waals surface area contributed by atoms with Gasteiger partial charge in [-0.15, -0.1) is 0 Å². The van der Waals surface area contributed by atoms with Crippen LogP contribution in [0.25, 0.3) is 0 Å². The Balaban J connectivity index is 2.03. The molecular formula is C17H17ClN2O3. The number of hydrogen-bond donors (Lipinski definition) is 1. The molecule has 3 rings (SSSR count). The van der Waals surface area contributed by atoms with Gasteiger partial charge < -0.3 is 10.1 Å². The molecule has 0 aliphatic carbocycles. The topological polar surface area (TPSA) is 64.4 Å². The summed E-state index contributed by atoms with van der Waals surface area (Å²) in [5.74, 6) is 0.844. The molecule has 0 saturated heterocycles. The van der Waals surface area contributed by atoms with Crippen molar-refractivity contribution in [3.05, 3.63) is 68.2 Å². The minimum absolute atomic E-state index is 0.0456. The van der Waals surface area contributed by atoms with Crippen LogP contribution in [0.4, 0.5) is 5.69 Å². The summed E-state index contributed by atoms with van der Waals surface area (Å²) in [6.07, 6.45) is 0.888. The van der Waals surface area contributed by atoms with Gasteiger partial charge in [-0.1, -0.05) is 17.7 Å². The Morgan fingerprint density at radius 1 is 1.30 bits per heavy atom. The zero-order valence-corrected chi connectivity index (χ0v) is 13.5. The first-order valence-electron chi connectivity index (χ1n) is 7.53. The van der Waals surface area contributed by atoms with Gasteiger partial charge in [-0.25, -0.2) is 0 Å². The summed E-state index contributed by atoms with van der Waals surface area (Å²) in [4.78, 5) is 10.6. The fourth-order valence-corrected chi connectivity index (χ4v) is 3.17. The third kappa shape index (κ3) is 3.16. The fourth-order valence-electron chi connectivity index (χ4n) is 2.94. The molecule has 2 aromatic carbocycles. The lowest BCUT2D eigenvalue weighted by Gasteiger charge is -2.28. The van der Waals surface area contributed by atoms with Gasteiger partial charge in [-0.3, -0.25) is 10.1 Å². The normalized spacial score (nSPS) is 16.7. The molecule has 0 aromatic heterocycles. The van der Waals surface area contributed by atoms with E-state index in [1.54, 1.807) is 12.1 Å². The van der Waals surface area contributed by atoms with E-state index >= 15 is 0 Å². The summed E-state index contributed by atoms with van der Waals surface area (Å²) in [5, 5.41) is 15.0. The third-order valence-corrected chi connectivity index (χ3v) is 4.32. The molecule has 0 spiro atoms. The third-order valence-electron chi connectivity index (χ3n) is 3.98. The van der Waals surface area contributed by atoms with E-state index in [0.717, 1.165) is 29.8 Å². The van der Waals surface area contributed by atoms with Crippen molar-refractivity contribution in [2.24, 2.45) is 0 Å². The van der Waals surface area contributed by atoms with Crippen LogP contribution >= 0.6 is 11.6 Å². The van der Waals surface area contributed by atoms with Crippen molar-refractivity contribution in [1.29, 1.82) is 0 Å². The summed E-state index contributed by atoms with van der Waals surface area (Å²) in [7, 11) is 0. The number of rotatable bonds is 4. The van der Waals surface area contributed by atoms with Crippen molar-refractivity contribution in [2.75, 3.05) is 13.2 Å². The standard InChI is InChI=1S/C17H17ClN2O3/c1-2-23-13-4-5-14-11(9-13)7-8-19-17(14)15-10-12(20(21)22)3-6-16(15)18/h3-6,9-10,17,19H,2,7-8H2,1H3. The molecule has 0 bridgehead atoms. The van der Waals surface area contributed by atoms with Crippen molar-refractivity contribution in [2.45, 2.75) is 19.4 Å². The quantitative estimate of drug-likeness (QED) is 0.681. The molecule has 0 saturated carbocycles. The van der Waals surface area contributed by atoms with Gasteiger partial charge in [0.1, 0.15) is 5.75 Å². The summed E-state index contributed by atoms with van der Waals surface area (Å²) in [6, 6.07) is 10.4. The van der Waals surface area contributed by atoms with Crippen LogP contribution < -0.4 is 10.1 Å². The Kier molecular flexibility index (Phi) is 4.50. The van der Waals surface area contributed by atoms with E-state index in [-0.39, 0.29) is 11.7 Å². The molecule has 2 aromatic rings. The van der Waals surface area contributed by atoms with E-state index < -0.39 is 4.92 Å². The first-order valence-corrected chi connectivity index (χ1v) is 7.90. The van der Waals surface area contributed by atoms with Crippen LogP contribution in [0.2, 0.25) is 5.02 Å². The van der Waals surface area contributed by atoms with E-state index in [0.29, 0.717) is 11.6 Å². The van der Waals surface area contributed by atoms with Crippen molar-refractivity contribution < 1.29 is 9.66 Å². The number of nitro benzene ring substituents is 1. The van der Waals surface area contributed by atoms with E-state index in [9.17, 15) is 10.1 Å². The largest absolute Gasteiger partial charge is 0.494 e. The summed E-state index contributed by atoms with van der Waals surface area (Å²) >= 11 is 6.29. The monoisotopic (exact) mass is 332 g/mol. The maximum absolute atomic E-state index is 11.0. The maximum Gasteiger partial charge on any atom is 0.269 e. The molecule has 1 unspecified atom stereocenters. The van der Waals surface area contributed by atoms with Crippen molar-refractivity contribution in [3.63, 3.8) is 0 Å². The molecule has 1 aliphatic rings. The van der Waals surface area contributed by atoms with Crippen molar-refractivity contribution >= 4 is 17.3 Å². The highest BCUT2D eigenvalue weighted by Crippen LogP contribution is 2.36. The van der Waals surface area contributed by atoms with Gasteiger partial charge in [-0.2, -0.15) is 0 Å². The predicted molar refractivity (Wildman–Crippen MR) is 89.3 cm³/mol. The van der Waals surface area contributed by atoms with Crippen LogP contribution in [0.5, 0.6) is 5.75 Å². The second-order valence-electron chi connectivity index (χ2n) is 5.39. The molecule has 6 heteroatoms. The SMILES string of the molecule is CCOc1ccc2c(c1)CCNC2c1cc([N+](=O)[O-])ccc1Cl. The number of ether oxygens (including phenoxy) is 1. The average Bonchev–Trinajstić information content (AvgIpc) is 2.55. The molecule has 1 aliphatic heterocycles. The lowest BCUT2D eigenvalue weighted by molar-refractivity contribution is -0.384. The second kappa shape index (κ2) is 6.56. The average molecular weight is 333 g/mol. The first kappa shape index (κ1) is 15.8.